The van der Waals surface area contributed by atoms with Crippen molar-refractivity contribution in [3.05, 3.63) is 65.2 Å². The molecule has 1 saturated heterocycles. The van der Waals surface area contributed by atoms with Gasteiger partial charge in [0.2, 0.25) is 5.91 Å². The van der Waals surface area contributed by atoms with Crippen molar-refractivity contribution >= 4 is 29.4 Å². The highest BCUT2D eigenvalue weighted by atomic mass is 16.2. The molecular weight excluding hydrogens is 396 g/mol. The maximum Gasteiger partial charge on any atom is 0.325 e. The van der Waals surface area contributed by atoms with Crippen molar-refractivity contribution < 1.29 is 19.2 Å². The molecule has 0 bridgehead atoms. The number of imide groups is 1. The number of rotatable bonds is 7. The Kier molecular flexibility index (Phi) is 6.39. The number of carbonyl (C=O) groups excluding carboxylic acids is 4. The summed E-state index contributed by atoms with van der Waals surface area (Å²) < 4.78 is 0. The van der Waals surface area contributed by atoms with Gasteiger partial charge in [-0.1, -0.05) is 37.6 Å². The van der Waals surface area contributed by atoms with Crippen molar-refractivity contribution in [3.8, 4) is 0 Å². The minimum atomic E-state index is -1.22. The van der Waals surface area contributed by atoms with E-state index in [1.165, 1.54) is 7.05 Å². The summed E-state index contributed by atoms with van der Waals surface area (Å²) in [4.78, 5) is 50.4. The third kappa shape index (κ3) is 4.58. The first-order valence-corrected chi connectivity index (χ1v) is 10.1. The van der Waals surface area contributed by atoms with Crippen LogP contribution in [0.15, 0.2) is 48.5 Å². The van der Waals surface area contributed by atoms with Crippen molar-refractivity contribution in [3.63, 3.8) is 0 Å². The SMILES string of the molecule is CCCc1ccc([C@]2(C)NC(=O)N(CC(=O)Nc3ccc(C(=O)NC)cc3)C2=O)cc1. The number of urea groups is 1. The molecule has 3 N–H and O–H groups in total. The van der Waals surface area contributed by atoms with Gasteiger partial charge in [0.05, 0.1) is 0 Å². The van der Waals surface area contributed by atoms with Crippen LogP contribution in [0.2, 0.25) is 0 Å². The van der Waals surface area contributed by atoms with E-state index in [-0.39, 0.29) is 5.91 Å². The van der Waals surface area contributed by atoms with E-state index >= 15 is 0 Å². The van der Waals surface area contributed by atoms with Crippen molar-refractivity contribution in [2.75, 3.05) is 18.9 Å². The van der Waals surface area contributed by atoms with Crippen LogP contribution in [0, 0.1) is 0 Å². The fourth-order valence-corrected chi connectivity index (χ4v) is 3.52. The van der Waals surface area contributed by atoms with Gasteiger partial charge in [0.15, 0.2) is 0 Å². The molecule has 1 aliphatic rings. The molecule has 0 saturated carbocycles. The van der Waals surface area contributed by atoms with Gasteiger partial charge in [0.25, 0.3) is 11.8 Å². The normalized spacial score (nSPS) is 18.0. The number of hydrogen-bond acceptors (Lipinski definition) is 4. The second-order valence-electron chi connectivity index (χ2n) is 7.60. The van der Waals surface area contributed by atoms with Crippen molar-refractivity contribution in [2.45, 2.75) is 32.2 Å². The molecule has 162 valence electrons. The molecule has 31 heavy (non-hydrogen) atoms. The molecule has 3 rings (SSSR count). The molecule has 0 aromatic heterocycles. The molecule has 0 spiro atoms. The van der Waals surface area contributed by atoms with E-state index in [0.29, 0.717) is 16.8 Å². The number of hydrogen-bond donors (Lipinski definition) is 3. The number of benzene rings is 2. The number of nitrogens with one attached hydrogen (secondary N) is 3. The number of nitrogens with zero attached hydrogens (tertiary/aromatic N) is 1. The van der Waals surface area contributed by atoms with Gasteiger partial charge < -0.3 is 16.0 Å². The van der Waals surface area contributed by atoms with Gasteiger partial charge in [-0.25, -0.2) is 4.79 Å². The lowest BCUT2D eigenvalue weighted by molar-refractivity contribution is -0.133. The monoisotopic (exact) mass is 422 g/mol. The van der Waals surface area contributed by atoms with E-state index in [9.17, 15) is 19.2 Å². The Hall–Kier alpha value is -3.68. The summed E-state index contributed by atoms with van der Waals surface area (Å²) in [5, 5.41) is 7.86. The maximum atomic E-state index is 13.0. The Labute approximate surface area is 181 Å². The summed E-state index contributed by atoms with van der Waals surface area (Å²) in [5.74, 6) is -1.23. The van der Waals surface area contributed by atoms with Gasteiger partial charge in [-0.3, -0.25) is 19.3 Å². The van der Waals surface area contributed by atoms with Gasteiger partial charge in [-0.2, -0.15) is 0 Å². The molecule has 5 amide bonds. The summed E-state index contributed by atoms with van der Waals surface area (Å²) in [6, 6.07) is 13.2. The van der Waals surface area contributed by atoms with Crippen LogP contribution in [0.4, 0.5) is 10.5 Å². The van der Waals surface area contributed by atoms with Crippen LogP contribution in [-0.4, -0.2) is 42.2 Å². The van der Waals surface area contributed by atoms with E-state index in [4.69, 9.17) is 0 Å². The number of amides is 5. The molecule has 0 aliphatic carbocycles. The summed E-state index contributed by atoms with van der Waals surface area (Å²) in [5.41, 5.74) is 1.51. The molecule has 8 heteroatoms. The van der Waals surface area contributed by atoms with Gasteiger partial charge in [-0.05, 0) is 48.7 Å². The van der Waals surface area contributed by atoms with Gasteiger partial charge in [0, 0.05) is 18.3 Å². The lowest BCUT2D eigenvalue weighted by atomic mass is 9.91. The molecule has 1 fully saturated rings. The zero-order valence-corrected chi connectivity index (χ0v) is 17.8. The molecule has 1 atom stereocenters. The Morgan fingerprint density at radius 2 is 1.68 bits per heavy atom. The van der Waals surface area contributed by atoms with Crippen LogP contribution in [0.5, 0.6) is 0 Å². The highest BCUT2D eigenvalue weighted by Gasteiger charge is 2.49. The highest BCUT2D eigenvalue weighted by Crippen LogP contribution is 2.29. The summed E-state index contributed by atoms with van der Waals surface area (Å²) in [6.45, 7) is 3.32. The zero-order valence-electron chi connectivity index (χ0n) is 17.8. The molecule has 1 aliphatic heterocycles. The van der Waals surface area contributed by atoms with Gasteiger partial charge in [0.1, 0.15) is 12.1 Å². The third-order valence-electron chi connectivity index (χ3n) is 5.30. The molecule has 2 aromatic rings. The maximum absolute atomic E-state index is 13.0. The van der Waals surface area contributed by atoms with Gasteiger partial charge >= 0.3 is 6.03 Å². The van der Waals surface area contributed by atoms with Crippen molar-refractivity contribution in [1.82, 2.24) is 15.5 Å². The van der Waals surface area contributed by atoms with Crippen LogP contribution in [-0.2, 0) is 21.5 Å². The summed E-state index contributed by atoms with van der Waals surface area (Å²) in [6.07, 6.45) is 1.96. The fraction of sp³-hybridized carbons (Fsp3) is 0.304. The second-order valence-corrected chi connectivity index (χ2v) is 7.60. The van der Waals surface area contributed by atoms with Crippen molar-refractivity contribution in [1.29, 1.82) is 0 Å². The first kappa shape index (κ1) is 22.0. The quantitative estimate of drug-likeness (QED) is 0.596. The summed E-state index contributed by atoms with van der Waals surface area (Å²) in [7, 11) is 1.53. The first-order valence-electron chi connectivity index (χ1n) is 10.1. The number of aryl methyl sites for hydroxylation is 1. The minimum absolute atomic E-state index is 0.237. The average molecular weight is 422 g/mol. The molecule has 1 heterocycles. The second kappa shape index (κ2) is 8.99. The predicted molar refractivity (Wildman–Crippen MR) is 116 cm³/mol. The van der Waals surface area contributed by atoms with E-state index < -0.39 is 29.9 Å². The lowest BCUT2D eigenvalue weighted by Gasteiger charge is -2.22. The molecule has 8 nitrogen and oxygen atoms in total. The van der Waals surface area contributed by atoms with Crippen LogP contribution < -0.4 is 16.0 Å². The Morgan fingerprint density at radius 3 is 2.26 bits per heavy atom. The largest absolute Gasteiger partial charge is 0.355 e. The molecular formula is C23H26N4O4. The van der Waals surface area contributed by atoms with Crippen LogP contribution in [0.3, 0.4) is 0 Å². The van der Waals surface area contributed by atoms with Crippen LogP contribution in [0.25, 0.3) is 0 Å². The molecule has 2 aromatic carbocycles. The highest BCUT2D eigenvalue weighted by molar-refractivity contribution is 6.10. The van der Waals surface area contributed by atoms with Crippen LogP contribution >= 0.6 is 0 Å². The van der Waals surface area contributed by atoms with E-state index in [1.54, 1.807) is 31.2 Å². The Balaban J connectivity index is 1.67. The van der Waals surface area contributed by atoms with E-state index in [0.717, 1.165) is 23.3 Å². The topological polar surface area (TPSA) is 108 Å². The first-order chi connectivity index (χ1) is 14.8. The smallest absolute Gasteiger partial charge is 0.325 e. The third-order valence-corrected chi connectivity index (χ3v) is 5.30. The van der Waals surface area contributed by atoms with Crippen molar-refractivity contribution in [2.24, 2.45) is 0 Å². The van der Waals surface area contributed by atoms with E-state index in [1.807, 2.05) is 24.3 Å². The number of anilines is 1. The van der Waals surface area contributed by atoms with Gasteiger partial charge in [-0.15, -0.1) is 0 Å². The Morgan fingerprint density at radius 1 is 1.03 bits per heavy atom. The average Bonchev–Trinajstić information content (AvgIpc) is 2.98. The fourth-order valence-electron chi connectivity index (χ4n) is 3.52. The standard InChI is InChI=1S/C23H26N4O4/c1-4-5-15-6-10-17(11-7-15)23(2)21(30)27(22(31)26-23)14-19(28)25-18-12-8-16(9-13-18)20(29)24-3/h6-13H,4-5,14H2,1-3H3,(H,24,29)(H,25,28)(H,26,31)/t23-/m0/s1. The zero-order chi connectivity index (χ0) is 22.6. The molecule has 0 radical (unpaired) electrons. The molecule has 0 unspecified atom stereocenters. The number of carbonyl (C=O) groups is 4. The minimum Gasteiger partial charge on any atom is -0.355 e. The summed E-state index contributed by atoms with van der Waals surface area (Å²) >= 11 is 0. The predicted octanol–water partition coefficient (Wildman–Crippen LogP) is 2.40. The Bertz CT molecular complexity index is 1000. The van der Waals surface area contributed by atoms with E-state index in [2.05, 4.69) is 22.9 Å². The van der Waals surface area contributed by atoms with Crippen LogP contribution in [0.1, 0.15) is 41.8 Å². The lowest BCUT2D eigenvalue weighted by Crippen LogP contribution is -2.42.